The quantitative estimate of drug-likeness (QED) is 0.881. The number of amidine groups is 1. The molecule has 0 bridgehead atoms. The van der Waals surface area contributed by atoms with Gasteiger partial charge in [-0.15, -0.1) is 0 Å². The second kappa shape index (κ2) is 6.72. The van der Waals surface area contributed by atoms with E-state index < -0.39 is 10.0 Å². The Morgan fingerprint density at radius 2 is 2.00 bits per heavy atom. The van der Waals surface area contributed by atoms with Crippen LogP contribution in [0.2, 0.25) is 0 Å². The minimum Gasteiger partial charge on any atom is -0.493 e. The second-order valence-corrected chi connectivity index (χ2v) is 8.29. The molecule has 1 aromatic carbocycles. The van der Waals surface area contributed by atoms with Crippen LogP contribution in [-0.2, 0) is 10.0 Å². The van der Waals surface area contributed by atoms with Gasteiger partial charge in [0.25, 0.3) is 0 Å². The summed E-state index contributed by atoms with van der Waals surface area (Å²) >= 11 is 0. The summed E-state index contributed by atoms with van der Waals surface area (Å²) in [5, 5.41) is 3.33. The number of aliphatic imine (C=N–C) groups is 1. The molecule has 0 spiro atoms. The van der Waals surface area contributed by atoms with Crippen LogP contribution in [0.4, 0.5) is 0 Å². The smallest absolute Gasteiger partial charge is 0.243 e. The molecule has 2 atom stereocenters. The maximum absolute atomic E-state index is 12.8. The minimum absolute atomic E-state index is 0.147. The molecular formula is C17H25N3O3S. The number of ether oxygens (including phenoxy) is 1. The molecule has 0 aromatic heterocycles. The standard InChI is InChI=1S/C17H25N3O3S/c1-4-23-16-8-7-14(24(21,22)20-9-5-6-10-20)11-15(16)17-18-12(2)13(3)19-17/h7-8,11-13H,4-6,9-10H2,1-3H3,(H,18,19). The first kappa shape index (κ1) is 17.2. The van der Waals surface area contributed by atoms with E-state index >= 15 is 0 Å². The van der Waals surface area contributed by atoms with Gasteiger partial charge in [-0.2, -0.15) is 4.31 Å². The van der Waals surface area contributed by atoms with E-state index in [2.05, 4.69) is 17.2 Å². The van der Waals surface area contributed by atoms with Gasteiger partial charge in [-0.1, -0.05) is 0 Å². The lowest BCUT2D eigenvalue weighted by Gasteiger charge is -2.18. The van der Waals surface area contributed by atoms with Crippen molar-refractivity contribution < 1.29 is 13.2 Å². The first-order valence-electron chi connectivity index (χ1n) is 8.55. The molecule has 0 radical (unpaired) electrons. The van der Waals surface area contributed by atoms with E-state index in [9.17, 15) is 8.42 Å². The molecule has 0 saturated carbocycles. The van der Waals surface area contributed by atoms with E-state index in [0.29, 0.717) is 41.7 Å². The Morgan fingerprint density at radius 1 is 1.29 bits per heavy atom. The second-order valence-electron chi connectivity index (χ2n) is 6.35. The molecule has 2 aliphatic rings. The van der Waals surface area contributed by atoms with Crippen molar-refractivity contribution in [1.82, 2.24) is 9.62 Å². The van der Waals surface area contributed by atoms with Crippen molar-refractivity contribution in [3.05, 3.63) is 23.8 Å². The summed E-state index contributed by atoms with van der Waals surface area (Å²) < 4.78 is 32.9. The summed E-state index contributed by atoms with van der Waals surface area (Å²) in [7, 11) is -3.45. The third kappa shape index (κ3) is 3.15. The lowest BCUT2D eigenvalue weighted by atomic mass is 10.1. The Bertz CT molecular complexity index is 739. The fraction of sp³-hybridized carbons (Fsp3) is 0.588. The molecule has 1 fully saturated rings. The van der Waals surface area contributed by atoms with Gasteiger partial charge in [0.1, 0.15) is 11.6 Å². The molecule has 3 rings (SSSR count). The molecule has 6 nitrogen and oxygen atoms in total. The molecule has 2 aliphatic heterocycles. The first-order valence-corrected chi connectivity index (χ1v) is 9.99. The summed E-state index contributed by atoms with van der Waals surface area (Å²) in [6.07, 6.45) is 1.85. The van der Waals surface area contributed by atoms with E-state index in [1.807, 2.05) is 13.8 Å². The number of hydrogen-bond acceptors (Lipinski definition) is 5. The highest BCUT2D eigenvalue weighted by atomic mass is 32.2. The molecule has 1 saturated heterocycles. The largest absolute Gasteiger partial charge is 0.493 e. The van der Waals surface area contributed by atoms with Gasteiger partial charge in [0.2, 0.25) is 10.0 Å². The zero-order chi connectivity index (χ0) is 17.3. The minimum atomic E-state index is -3.45. The molecule has 1 N–H and O–H groups in total. The zero-order valence-electron chi connectivity index (χ0n) is 14.4. The van der Waals surface area contributed by atoms with Crippen molar-refractivity contribution in [2.75, 3.05) is 19.7 Å². The summed E-state index contributed by atoms with van der Waals surface area (Å²) in [4.78, 5) is 4.93. The molecular weight excluding hydrogens is 326 g/mol. The topological polar surface area (TPSA) is 71.0 Å². The molecule has 2 heterocycles. The number of rotatable bonds is 5. The Hall–Kier alpha value is -1.60. The van der Waals surface area contributed by atoms with Crippen LogP contribution in [0.1, 0.15) is 39.2 Å². The Kier molecular flexibility index (Phi) is 4.83. The van der Waals surface area contributed by atoms with E-state index in [1.54, 1.807) is 22.5 Å². The highest BCUT2D eigenvalue weighted by Crippen LogP contribution is 2.28. The summed E-state index contributed by atoms with van der Waals surface area (Å²) in [6.45, 7) is 7.72. The van der Waals surface area contributed by atoms with Crippen LogP contribution in [0.3, 0.4) is 0 Å². The van der Waals surface area contributed by atoms with Gasteiger partial charge in [-0.3, -0.25) is 4.99 Å². The van der Waals surface area contributed by atoms with Crippen molar-refractivity contribution in [1.29, 1.82) is 0 Å². The molecule has 0 aliphatic carbocycles. The van der Waals surface area contributed by atoms with Crippen molar-refractivity contribution in [2.45, 2.75) is 50.6 Å². The van der Waals surface area contributed by atoms with Gasteiger partial charge in [0, 0.05) is 19.1 Å². The molecule has 1 aromatic rings. The zero-order valence-corrected chi connectivity index (χ0v) is 15.3. The van der Waals surface area contributed by atoms with Crippen LogP contribution in [0.5, 0.6) is 5.75 Å². The lowest BCUT2D eigenvalue weighted by molar-refractivity contribution is 0.339. The van der Waals surface area contributed by atoms with Gasteiger partial charge >= 0.3 is 0 Å². The first-order chi connectivity index (χ1) is 11.4. The fourth-order valence-corrected chi connectivity index (χ4v) is 4.59. The third-order valence-corrected chi connectivity index (χ3v) is 6.52. The van der Waals surface area contributed by atoms with Crippen LogP contribution in [0.15, 0.2) is 28.1 Å². The van der Waals surface area contributed by atoms with E-state index in [0.717, 1.165) is 12.8 Å². The van der Waals surface area contributed by atoms with E-state index in [4.69, 9.17) is 4.74 Å². The summed E-state index contributed by atoms with van der Waals surface area (Å²) in [5.41, 5.74) is 0.716. The monoisotopic (exact) mass is 351 g/mol. The Labute approximate surface area is 144 Å². The van der Waals surface area contributed by atoms with Crippen LogP contribution in [0.25, 0.3) is 0 Å². The van der Waals surface area contributed by atoms with Crippen molar-refractivity contribution in [3.8, 4) is 5.75 Å². The van der Waals surface area contributed by atoms with Gasteiger partial charge in [-0.25, -0.2) is 8.42 Å². The van der Waals surface area contributed by atoms with E-state index in [-0.39, 0.29) is 12.1 Å². The molecule has 7 heteroatoms. The van der Waals surface area contributed by atoms with Crippen molar-refractivity contribution in [2.24, 2.45) is 4.99 Å². The summed E-state index contributed by atoms with van der Waals surface area (Å²) in [5.74, 6) is 1.36. The van der Waals surface area contributed by atoms with Crippen molar-refractivity contribution in [3.63, 3.8) is 0 Å². The van der Waals surface area contributed by atoms with Crippen LogP contribution < -0.4 is 10.1 Å². The van der Waals surface area contributed by atoms with Crippen LogP contribution in [-0.4, -0.2) is 50.3 Å². The maximum atomic E-state index is 12.8. The molecule has 0 amide bonds. The van der Waals surface area contributed by atoms with Gasteiger partial charge < -0.3 is 10.1 Å². The third-order valence-electron chi connectivity index (χ3n) is 4.63. The molecule has 132 valence electrons. The SMILES string of the molecule is CCOc1ccc(S(=O)(=O)N2CCCC2)cc1C1=NC(C)C(C)N1. The molecule has 24 heavy (non-hydrogen) atoms. The van der Waals surface area contributed by atoms with Gasteiger partial charge in [-0.05, 0) is 51.8 Å². The number of benzene rings is 1. The fourth-order valence-electron chi connectivity index (χ4n) is 3.05. The van der Waals surface area contributed by atoms with Crippen molar-refractivity contribution >= 4 is 15.9 Å². The Balaban J connectivity index is 2.01. The van der Waals surface area contributed by atoms with Gasteiger partial charge in [0.15, 0.2) is 0 Å². The predicted molar refractivity (Wildman–Crippen MR) is 94.2 cm³/mol. The summed E-state index contributed by atoms with van der Waals surface area (Å²) in [6, 6.07) is 5.42. The van der Waals surface area contributed by atoms with Crippen LogP contribution >= 0.6 is 0 Å². The predicted octanol–water partition coefficient (Wildman–Crippen LogP) is 2.00. The lowest BCUT2D eigenvalue weighted by Crippen LogP contribution is -2.31. The average molecular weight is 351 g/mol. The Morgan fingerprint density at radius 3 is 2.58 bits per heavy atom. The van der Waals surface area contributed by atoms with E-state index in [1.165, 1.54) is 0 Å². The highest BCUT2D eigenvalue weighted by Gasteiger charge is 2.30. The number of nitrogens with zero attached hydrogens (tertiary/aromatic N) is 2. The highest BCUT2D eigenvalue weighted by molar-refractivity contribution is 7.89. The van der Waals surface area contributed by atoms with Gasteiger partial charge in [0.05, 0.1) is 23.1 Å². The van der Waals surface area contributed by atoms with Crippen LogP contribution in [0, 0.1) is 0 Å². The number of hydrogen-bond donors (Lipinski definition) is 1. The normalized spacial score (nSPS) is 24.7. The maximum Gasteiger partial charge on any atom is 0.243 e. The number of sulfonamides is 1. The number of nitrogens with one attached hydrogen (secondary N) is 1. The molecule has 2 unspecified atom stereocenters. The average Bonchev–Trinajstić information content (AvgIpc) is 3.19.